The fourth-order valence-electron chi connectivity index (χ4n) is 8.01. The molecule has 332 valence electrons. The van der Waals surface area contributed by atoms with Crippen molar-refractivity contribution in [1.29, 1.82) is 0 Å². The quantitative estimate of drug-likeness (QED) is 0.0725. The topological polar surface area (TPSA) is 74.3 Å². The van der Waals surface area contributed by atoms with E-state index in [1.807, 2.05) is 101 Å². The molecule has 0 bridgehead atoms. The summed E-state index contributed by atoms with van der Waals surface area (Å²) in [7, 11) is -12.9. The minimum atomic E-state index is -5.29. The second kappa shape index (κ2) is 16.8. The van der Waals surface area contributed by atoms with E-state index in [2.05, 4.69) is 15.9 Å². The first-order valence-corrected chi connectivity index (χ1v) is 27.8. The van der Waals surface area contributed by atoms with Crippen LogP contribution in [0.2, 0.25) is 40.2 Å². The van der Waals surface area contributed by atoms with E-state index in [1.54, 1.807) is 21.0 Å². The van der Waals surface area contributed by atoms with Crippen LogP contribution >= 0.6 is 132 Å². The van der Waals surface area contributed by atoms with Crippen molar-refractivity contribution in [2.24, 2.45) is 0 Å². The summed E-state index contributed by atoms with van der Waals surface area (Å²) in [4.78, 5) is 0. The summed E-state index contributed by atoms with van der Waals surface area (Å²) in [6, 6.07) is 18.9. The predicted molar refractivity (Wildman–Crippen MR) is 261 cm³/mol. The van der Waals surface area contributed by atoms with Crippen LogP contribution in [-0.2, 0) is 0 Å². The van der Waals surface area contributed by atoms with Crippen LogP contribution in [0.15, 0.2) is 65.1 Å². The molecule has 3 heterocycles. The number of hydrogen-bond donors (Lipinski definition) is 0. The van der Waals surface area contributed by atoms with Gasteiger partial charge in [0.1, 0.15) is 0 Å². The second-order valence-corrected chi connectivity index (χ2v) is 27.1. The molecule has 1 fully saturated rings. The molecule has 0 radical (unpaired) electrons. The summed E-state index contributed by atoms with van der Waals surface area (Å²) >= 11 is 58.7. The Hall–Kier alpha value is -1.33. The van der Waals surface area contributed by atoms with Gasteiger partial charge in [-0.3, -0.25) is 0 Å². The Labute approximate surface area is 409 Å². The van der Waals surface area contributed by atoms with E-state index in [-0.39, 0.29) is 82.8 Å². The van der Waals surface area contributed by atoms with E-state index >= 15 is 0 Å². The van der Waals surface area contributed by atoms with E-state index in [0.29, 0.717) is 17.2 Å². The van der Waals surface area contributed by atoms with Crippen molar-refractivity contribution >= 4 is 132 Å². The zero-order valence-corrected chi connectivity index (χ0v) is 44.2. The van der Waals surface area contributed by atoms with Crippen LogP contribution in [0.5, 0.6) is 40.2 Å². The predicted octanol–water partition coefficient (Wildman–Crippen LogP) is 17.9. The standard InChI is InChI=1S/C40H37BrCl8N3O7P3/c1-8-50(60(53-35-21(4)13-11-14-22(35)5)54-36-23(6)15-12-16-24(36)7)61(56-37-31(46)27(42)28(43)32(47)38(37)57-61)51(9-2)62(52(61)10-3,55-26-19-17-25(41)18-20-26)58-39-33(48)29(44)30(45)34(49)40(39)59-62/h11-20H,8-10H2,1-7H3. The van der Waals surface area contributed by atoms with Crippen LogP contribution in [0.4, 0.5) is 0 Å². The molecule has 2 spiro atoms. The molecular weight excluding hydrogens is 1090 g/mol. The molecule has 10 nitrogen and oxygen atoms in total. The van der Waals surface area contributed by atoms with Crippen molar-refractivity contribution in [3.63, 3.8) is 0 Å². The Morgan fingerprint density at radius 1 is 0.548 bits per heavy atom. The van der Waals surface area contributed by atoms with Gasteiger partial charge in [-0.1, -0.05) is 0 Å². The van der Waals surface area contributed by atoms with Crippen molar-refractivity contribution in [2.45, 2.75) is 48.5 Å². The first kappa shape index (κ1) is 47.2. The van der Waals surface area contributed by atoms with Gasteiger partial charge in [-0.15, -0.1) is 0 Å². The summed E-state index contributed by atoms with van der Waals surface area (Å²) in [5.74, 6) is 1.48. The maximum atomic E-state index is 7.53. The second-order valence-electron chi connectivity index (χ2n) is 14.3. The molecule has 0 aliphatic carbocycles. The third-order valence-corrected chi connectivity index (χ3v) is 28.8. The van der Waals surface area contributed by atoms with Crippen LogP contribution in [0.1, 0.15) is 43.0 Å². The fraction of sp³-hybridized carbons (Fsp3) is 0.250. The van der Waals surface area contributed by atoms with Gasteiger partial charge in [0.05, 0.1) is 0 Å². The van der Waals surface area contributed by atoms with E-state index in [1.165, 1.54) is 0 Å². The molecule has 8 rings (SSSR count). The van der Waals surface area contributed by atoms with Gasteiger partial charge < -0.3 is 0 Å². The van der Waals surface area contributed by atoms with Crippen LogP contribution in [-0.4, -0.2) is 33.0 Å². The molecular formula is C40H37BrCl8N3O7P3. The Kier molecular flexibility index (Phi) is 12.8. The maximum absolute atomic E-state index is 7.53. The van der Waals surface area contributed by atoms with Crippen molar-refractivity contribution in [3.05, 3.63) is 128 Å². The third-order valence-electron chi connectivity index (χ3n) is 10.6. The van der Waals surface area contributed by atoms with Gasteiger partial charge in [-0.25, -0.2) is 0 Å². The number of hydrogen-bond acceptors (Lipinski definition) is 10. The van der Waals surface area contributed by atoms with Crippen molar-refractivity contribution in [1.82, 2.24) is 13.3 Å². The number of fused-ring (bicyclic) bond motifs is 2. The Bertz CT molecular complexity index is 2500. The average Bonchev–Trinajstić information content (AvgIpc) is 3.80. The van der Waals surface area contributed by atoms with Gasteiger partial charge in [0.2, 0.25) is 0 Å². The zero-order valence-electron chi connectivity index (χ0n) is 33.8. The number of aryl methyl sites for hydroxylation is 4. The van der Waals surface area contributed by atoms with Gasteiger partial charge in [0.25, 0.3) is 0 Å². The molecule has 0 aromatic heterocycles. The van der Waals surface area contributed by atoms with Crippen LogP contribution in [0.25, 0.3) is 0 Å². The SMILES string of the molecule is CCN(P(Oc1c(C)cccc1C)Oc1c(C)cccc1C)P12(Oc3c(Cl)c(Cl)c(Cl)c(Cl)c3O1)N(CC)P1(Oc3ccc(Br)cc3)(Oc3c(Cl)c(Cl)c(Cl)c(Cl)c3O1)N2CC. The number of rotatable bonds is 11. The van der Waals surface area contributed by atoms with Crippen molar-refractivity contribution < 1.29 is 31.7 Å². The molecule has 0 unspecified atom stereocenters. The molecule has 5 aromatic rings. The van der Waals surface area contributed by atoms with Crippen molar-refractivity contribution in [2.75, 3.05) is 19.6 Å². The van der Waals surface area contributed by atoms with Gasteiger partial charge >= 0.3 is 413 Å². The van der Waals surface area contributed by atoms with E-state index in [9.17, 15) is 0 Å². The molecule has 0 atom stereocenters. The molecule has 62 heavy (non-hydrogen) atoms. The first-order chi connectivity index (χ1) is 29.3. The van der Waals surface area contributed by atoms with Gasteiger partial charge in [0.15, 0.2) is 0 Å². The number of halogens is 9. The average molecular weight is 1130 g/mol. The van der Waals surface area contributed by atoms with E-state index < -0.39 is 23.6 Å². The summed E-state index contributed by atoms with van der Waals surface area (Å²) in [5, 5.41) is -0.442. The first-order valence-electron chi connectivity index (χ1n) is 19.0. The van der Waals surface area contributed by atoms with Gasteiger partial charge in [-0.2, -0.15) is 0 Å². The molecule has 0 N–H and O–H groups in total. The summed E-state index contributed by atoms with van der Waals surface area (Å²) in [5.41, 5.74) is 3.43. The summed E-state index contributed by atoms with van der Waals surface area (Å²) in [6.45, 7) is 13.7. The number of benzene rings is 5. The molecule has 0 amide bonds. The van der Waals surface area contributed by atoms with Gasteiger partial charge in [-0.05, 0) is 0 Å². The number of nitrogens with zero attached hydrogens (tertiary/aromatic N) is 3. The normalized spacial score (nSPS) is 18.9. The Morgan fingerprint density at radius 2 is 0.903 bits per heavy atom. The van der Waals surface area contributed by atoms with Crippen molar-refractivity contribution in [3.8, 4) is 40.2 Å². The third kappa shape index (κ3) is 6.54. The monoisotopic (exact) mass is 1120 g/mol. The zero-order chi connectivity index (χ0) is 44.9. The molecule has 5 aromatic carbocycles. The fourth-order valence-corrected chi connectivity index (χ4v) is 27.5. The van der Waals surface area contributed by atoms with Gasteiger partial charge in [0, 0.05) is 0 Å². The number of para-hydroxylation sites is 2. The molecule has 3 aliphatic rings. The molecule has 3 aliphatic heterocycles. The summed E-state index contributed by atoms with van der Waals surface area (Å²) in [6.07, 6.45) is 0. The van der Waals surface area contributed by atoms with Crippen LogP contribution in [0, 0.1) is 27.7 Å². The Balaban J connectivity index is 1.48. The molecule has 22 heteroatoms. The molecule has 0 saturated carbocycles. The van der Waals surface area contributed by atoms with Crippen LogP contribution in [0.3, 0.4) is 0 Å². The summed E-state index contributed by atoms with van der Waals surface area (Å²) < 4.78 is 57.5. The minimum absolute atomic E-state index is 0.00652. The molecule has 1 saturated heterocycles. The van der Waals surface area contributed by atoms with E-state index in [4.69, 9.17) is 124 Å². The Morgan fingerprint density at radius 3 is 1.24 bits per heavy atom. The van der Waals surface area contributed by atoms with Crippen LogP contribution < -0.4 is 31.7 Å². The van der Waals surface area contributed by atoms with E-state index in [0.717, 1.165) is 26.7 Å².